The summed E-state index contributed by atoms with van der Waals surface area (Å²) in [4.78, 5) is 0. The average molecular weight is 348 g/mol. The molecular weight excluding hydrogens is 340 g/mol. The molecule has 0 aromatic carbocycles. The minimum atomic E-state index is -4.96. The third-order valence-corrected chi connectivity index (χ3v) is 3.02. The van der Waals surface area contributed by atoms with Gasteiger partial charge in [0.25, 0.3) is 0 Å². The van der Waals surface area contributed by atoms with Gasteiger partial charge in [0.2, 0.25) is 0 Å². The van der Waals surface area contributed by atoms with Crippen molar-refractivity contribution in [1.82, 2.24) is 0 Å². The fourth-order valence-corrected chi connectivity index (χ4v) is 2.47. The van der Waals surface area contributed by atoms with E-state index in [4.69, 9.17) is 34.8 Å². The van der Waals surface area contributed by atoms with Crippen molar-refractivity contribution < 1.29 is 26.3 Å². The van der Waals surface area contributed by atoms with E-state index in [9.17, 15) is 26.3 Å². The molecule has 0 fully saturated rings. The summed E-state index contributed by atoms with van der Waals surface area (Å²) in [6, 6.07) is 0. The Bertz CT molecular complexity index is 401. The SMILES string of the molecule is FC(F)(F)C1=CC(CC(Cl)(Cl)Cl)(C(F)(F)F)CC=C1. The van der Waals surface area contributed by atoms with Crippen molar-refractivity contribution in [3.8, 4) is 0 Å². The van der Waals surface area contributed by atoms with Crippen LogP contribution in [0.1, 0.15) is 12.8 Å². The van der Waals surface area contributed by atoms with Crippen molar-refractivity contribution >= 4 is 34.8 Å². The summed E-state index contributed by atoms with van der Waals surface area (Å²) in [5, 5.41) is 0. The Balaban J connectivity index is 3.28. The molecule has 1 rings (SSSR count). The zero-order valence-corrected chi connectivity index (χ0v) is 11.3. The topological polar surface area (TPSA) is 0 Å². The Morgan fingerprint density at radius 2 is 1.58 bits per heavy atom. The molecule has 9 heteroatoms. The predicted octanol–water partition coefficient (Wildman–Crippen LogP) is 5.74. The first-order chi connectivity index (χ1) is 8.27. The van der Waals surface area contributed by atoms with Crippen LogP contribution in [-0.2, 0) is 0 Å². The van der Waals surface area contributed by atoms with Crippen LogP contribution in [0.5, 0.6) is 0 Å². The third kappa shape index (κ3) is 4.20. The molecule has 0 N–H and O–H groups in total. The van der Waals surface area contributed by atoms with Crippen LogP contribution in [0.25, 0.3) is 0 Å². The first-order valence-corrected chi connectivity index (χ1v) is 6.00. The van der Waals surface area contributed by atoms with Gasteiger partial charge >= 0.3 is 12.4 Å². The predicted molar refractivity (Wildman–Crippen MR) is 61.3 cm³/mol. The van der Waals surface area contributed by atoms with Crippen LogP contribution >= 0.6 is 34.8 Å². The van der Waals surface area contributed by atoms with E-state index >= 15 is 0 Å². The molecule has 1 atom stereocenters. The van der Waals surface area contributed by atoms with E-state index in [0.717, 1.165) is 6.08 Å². The first-order valence-electron chi connectivity index (χ1n) is 4.87. The van der Waals surface area contributed by atoms with Gasteiger partial charge < -0.3 is 0 Å². The van der Waals surface area contributed by atoms with Gasteiger partial charge in [-0.3, -0.25) is 0 Å². The van der Waals surface area contributed by atoms with Crippen LogP contribution in [0.4, 0.5) is 26.3 Å². The maximum atomic E-state index is 13.1. The zero-order chi connectivity index (χ0) is 15.1. The summed E-state index contributed by atoms with van der Waals surface area (Å²) < 4.78 is 74.4. The van der Waals surface area contributed by atoms with Gasteiger partial charge in [-0.1, -0.05) is 53.0 Å². The molecule has 0 aliphatic heterocycles. The second-order valence-electron chi connectivity index (χ2n) is 4.15. The molecule has 0 aromatic rings. The lowest BCUT2D eigenvalue weighted by atomic mass is 9.76. The van der Waals surface area contributed by atoms with E-state index in [1.165, 1.54) is 0 Å². The van der Waals surface area contributed by atoms with Crippen molar-refractivity contribution in [2.75, 3.05) is 0 Å². The lowest BCUT2D eigenvalue weighted by Crippen LogP contribution is -2.41. The van der Waals surface area contributed by atoms with E-state index in [1.807, 2.05) is 0 Å². The van der Waals surface area contributed by atoms with Crippen molar-refractivity contribution in [3.05, 3.63) is 23.8 Å². The highest BCUT2D eigenvalue weighted by Crippen LogP contribution is 2.54. The van der Waals surface area contributed by atoms with Crippen molar-refractivity contribution in [3.63, 3.8) is 0 Å². The fourth-order valence-electron chi connectivity index (χ4n) is 1.76. The molecule has 0 spiro atoms. The fraction of sp³-hybridized carbons (Fsp3) is 0.600. The van der Waals surface area contributed by atoms with Crippen molar-refractivity contribution in [2.24, 2.45) is 5.41 Å². The van der Waals surface area contributed by atoms with Crippen LogP contribution in [0, 0.1) is 5.41 Å². The van der Waals surface area contributed by atoms with Crippen LogP contribution in [0.3, 0.4) is 0 Å². The van der Waals surface area contributed by atoms with Gasteiger partial charge in [-0.15, -0.1) is 0 Å². The molecule has 0 saturated carbocycles. The third-order valence-electron chi connectivity index (χ3n) is 2.62. The van der Waals surface area contributed by atoms with Gasteiger partial charge in [-0.25, -0.2) is 0 Å². The first kappa shape index (κ1) is 17.0. The summed E-state index contributed by atoms with van der Waals surface area (Å²) in [6.07, 6.45) is -10.2. The van der Waals surface area contributed by atoms with Gasteiger partial charge in [-0.05, 0) is 6.42 Å². The Hall–Kier alpha value is -0.0700. The summed E-state index contributed by atoms with van der Waals surface area (Å²) in [5.74, 6) is 0. The maximum absolute atomic E-state index is 13.1. The lowest BCUT2D eigenvalue weighted by Gasteiger charge is -2.37. The Morgan fingerprint density at radius 3 is 1.95 bits per heavy atom. The van der Waals surface area contributed by atoms with Crippen LogP contribution in [-0.4, -0.2) is 16.1 Å². The number of alkyl halides is 9. The lowest BCUT2D eigenvalue weighted by molar-refractivity contribution is -0.208. The minimum Gasteiger partial charge on any atom is -0.170 e. The monoisotopic (exact) mass is 346 g/mol. The standard InChI is InChI=1S/C10H7Cl3F6/c11-8(12,13)5-7(10(17,18)19)3-1-2-6(4-7)9(14,15)16/h1-2,4H,3,5H2. The molecule has 0 radical (unpaired) electrons. The molecule has 19 heavy (non-hydrogen) atoms. The summed E-state index contributed by atoms with van der Waals surface area (Å²) in [5.41, 5.74) is -4.23. The van der Waals surface area contributed by atoms with Crippen LogP contribution in [0.15, 0.2) is 23.8 Å². The van der Waals surface area contributed by atoms with Gasteiger partial charge in [0.1, 0.15) is 0 Å². The molecule has 0 bridgehead atoms. The molecule has 0 aromatic heterocycles. The maximum Gasteiger partial charge on any atom is 0.416 e. The van der Waals surface area contributed by atoms with Gasteiger partial charge in [0, 0.05) is 6.42 Å². The highest BCUT2D eigenvalue weighted by Gasteiger charge is 2.57. The van der Waals surface area contributed by atoms with Crippen molar-refractivity contribution in [1.29, 1.82) is 0 Å². The van der Waals surface area contributed by atoms with E-state index in [1.54, 1.807) is 0 Å². The average Bonchev–Trinajstić information content (AvgIpc) is 2.12. The number of halogens is 9. The molecule has 1 aliphatic carbocycles. The number of hydrogen-bond acceptors (Lipinski definition) is 0. The zero-order valence-electron chi connectivity index (χ0n) is 9.05. The summed E-state index contributed by atoms with van der Waals surface area (Å²) >= 11 is 16.0. The molecule has 110 valence electrons. The normalized spacial score (nSPS) is 25.4. The van der Waals surface area contributed by atoms with E-state index < -0.39 is 40.0 Å². The van der Waals surface area contributed by atoms with Gasteiger partial charge in [0.05, 0.1) is 11.0 Å². The van der Waals surface area contributed by atoms with E-state index in [-0.39, 0.29) is 6.08 Å². The van der Waals surface area contributed by atoms with Gasteiger partial charge in [-0.2, -0.15) is 26.3 Å². The Labute approximate surface area is 120 Å². The highest BCUT2D eigenvalue weighted by molar-refractivity contribution is 6.67. The molecule has 0 heterocycles. The van der Waals surface area contributed by atoms with Crippen molar-refractivity contribution in [2.45, 2.75) is 29.0 Å². The smallest absolute Gasteiger partial charge is 0.170 e. The van der Waals surface area contributed by atoms with Gasteiger partial charge in [0.15, 0.2) is 3.79 Å². The quantitative estimate of drug-likeness (QED) is 0.419. The highest BCUT2D eigenvalue weighted by atomic mass is 35.6. The number of rotatable bonds is 1. The second kappa shape index (κ2) is 5.04. The van der Waals surface area contributed by atoms with Crippen LogP contribution < -0.4 is 0 Å². The molecule has 0 nitrogen and oxygen atoms in total. The molecule has 1 aliphatic rings. The Kier molecular flexibility index (Phi) is 4.51. The molecule has 1 unspecified atom stereocenters. The summed E-state index contributed by atoms with van der Waals surface area (Å²) in [7, 11) is 0. The minimum absolute atomic E-state index is 0.0922. The largest absolute Gasteiger partial charge is 0.416 e. The second-order valence-corrected chi connectivity index (χ2v) is 6.67. The molecular formula is C10H7Cl3F6. The number of allylic oxidation sites excluding steroid dienone is 4. The number of hydrogen-bond donors (Lipinski definition) is 0. The molecule has 0 amide bonds. The molecule has 0 saturated heterocycles. The van der Waals surface area contributed by atoms with Crippen LogP contribution in [0.2, 0.25) is 0 Å². The van der Waals surface area contributed by atoms with E-state index in [0.29, 0.717) is 6.08 Å². The Morgan fingerprint density at radius 1 is 1.05 bits per heavy atom. The summed E-state index contributed by atoms with van der Waals surface area (Å²) in [6.45, 7) is 0. The van der Waals surface area contributed by atoms with E-state index in [2.05, 4.69) is 0 Å².